The van der Waals surface area contributed by atoms with Crippen molar-refractivity contribution in [3.05, 3.63) is 383 Å². The molecular formula is C113H78N18+12. The molecule has 608 valence electrons. The second-order valence-electron chi connectivity index (χ2n) is 38.3. The van der Waals surface area contributed by atoms with E-state index in [0.717, 1.165) is 78.5 Å². The lowest BCUT2D eigenvalue weighted by molar-refractivity contribution is -0.806. The molecule has 16 aromatic heterocycles. The summed E-state index contributed by atoms with van der Waals surface area (Å²) in [5.74, 6) is 1.31. The summed E-state index contributed by atoms with van der Waals surface area (Å²) in [4.78, 5) is 0. The van der Waals surface area contributed by atoms with Crippen molar-refractivity contribution in [2.75, 3.05) is 0 Å². The van der Waals surface area contributed by atoms with Gasteiger partial charge < -0.3 is 0 Å². The van der Waals surface area contributed by atoms with Crippen molar-refractivity contribution in [2.24, 2.45) is 0 Å². The van der Waals surface area contributed by atoms with Crippen LogP contribution in [0, 0.1) is 6.92 Å². The van der Waals surface area contributed by atoms with Crippen molar-refractivity contribution < 1.29 is 54.7 Å². The second kappa shape index (κ2) is 23.4. The number of rotatable bonds is 2. The Labute approximate surface area is 743 Å². The lowest BCUT2D eigenvalue weighted by atomic mass is 10.0. The largest absolute Gasteiger partial charge is 0.398 e. The summed E-state index contributed by atoms with van der Waals surface area (Å²) in [5, 5.41) is 19.9. The molecule has 0 fully saturated rings. The van der Waals surface area contributed by atoms with Gasteiger partial charge in [-0.05, 0) is 82.2 Å². The molecule has 12 aliphatic rings. The highest BCUT2D eigenvalue weighted by molar-refractivity contribution is 6.18. The van der Waals surface area contributed by atoms with Crippen LogP contribution in [-0.4, -0.2) is 27.0 Å². The first-order valence-corrected chi connectivity index (χ1v) is 46.3. The Hall–Kier alpha value is -16.6. The van der Waals surface area contributed by atoms with E-state index in [0.29, 0.717) is 0 Å². The molecule has 12 aliphatic heterocycles. The highest BCUT2D eigenvalue weighted by atomic mass is 15.5. The summed E-state index contributed by atoms with van der Waals surface area (Å²) >= 11 is 0. The van der Waals surface area contributed by atoms with Gasteiger partial charge in [-0.1, -0.05) is 158 Å². The summed E-state index contributed by atoms with van der Waals surface area (Å²) in [6.07, 6.45) is 20.3. The second-order valence-corrected chi connectivity index (χ2v) is 38.3. The number of hydrogen-bond acceptors (Lipinski definition) is 0. The fourth-order valence-corrected chi connectivity index (χ4v) is 26.9. The monoisotopic (exact) mass is 1690 g/mol. The van der Waals surface area contributed by atoms with E-state index < -0.39 is 0 Å². The number of para-hydroxylation sites is 4. The molecule has 0 spiro atoms. The smallest absolute Gasteiger partial charge is 0.225 e. The normalized spacial score (nSPS) is 14.5. The van der Waals surface area contributed by atoms with Gasteiger partial charge >= 0.3 is 46.0 Å². The minimum atomic E-state index is 0.941. The van der Waals surface area contributed by atoms with E-state index in [4.69, 9.17) is 0 Å². The van der Waals surface area contributed by atoms with Crippen LogP contribution in [0.1, 0.15) is 72.5 Å². The Kier molecular flexibility index (Phi) is 12.1. The SMILES string of the molecule is Cc1c[n+]2c3cccc4c3c3c5c(cc[n+]3C4)Cn1c52.c1cc2c3c(c1)c1cccc4c1n1c3[n+](c[n+]1C4)C2.c1cc2c3c(c1)n1c4ccccc4[n+]4c1c1c(cc[n+](c31)C2)C4.c1cc2c3c(c1)n1cc[n+]4c1c1c(cc[n+](c31)C2)C4.c1ccc(-c2[n+]3c4c5c(cccc5c5cccc6c5n4[n+]2C6)C3)cc1.c1ccc(-c2c[n+]3c4cccc5c4c4c6c(cc[n+]4C5)Cn2c63)cc1. The zero-order valence-corrected chi connectivity index (χ0v) is 71.5. The Morgan fingerprint density at radius 2 is 0.733 bits per heavy atom. The molecule has 11 aromatic carbocycles. The van der Waals surface area contributed by atoms with E-state index in [-0.39, 0.29) is 0 Å². The third-order valence-electron chi connectivity index (χ3n) is 31.9. The highest BCUT2D eigenvalue weighted by Gasteiger charge is 2.49. The Morgan fingerprint density at radius 3 is 1.41 bits per heavy atom. The lowest BCUT2D eigenvalue weighted by Crippen LogP contribution is -2.44. The summed E-state index contributed by atoms with van der Waals surface area (Å²) in [6, 6.07) is 93.3. The molecule has 0 amide bonds. The number of hydrogen-bond donors (Lipinski definition) is 0. The zero-order valence-electron chi connectivity index (χ0n) is 71.5. The summed E-state index contributed by atoms with van der Waals surface area (Å²) < 4.78 is 43.6. The number of nitrogens with zero attached hydrogens (tertiary/aromatic N) is 18. The fourth-order valence-electron chi connectivity index (χ4n) is 26.9. The first kappa shape index (κ1) is 67.7. The van der Waals surface area contributed by atoms with E-state index in [9.17, 15) is 0 Å². The van der Waals surface area contributed by atoms with Crippen molar-refractivity contribution in [1.29, 1.82) is 0 Å². The van der Waals surface area contributed by atoms with Crippen molar-refractivity contribution >= 4 is 175 Å². The molecule has 0 bridgehead atoms. The molecule has 0 saturated heterocycles. The van der Waals surface area contributed by atoms with Crippen LogP contribution in [0.2, 0.25) is 0 Å². The molecule has 0 aliphatic carbocycles. The molecular weight excluding hydrogens is 1610 g/mol. The standard InChI is InChI=1S/2C22H15N3.C20H13N3.C17H13N3.2C16H11N3/c1-2-6-14(7-3-1)21-23-12-15-8-4-10-17-18-11-5-9-16-13-24(21)25(20(16)18)22(23)19(15)17;1-2-5-14(6-3-1)18-13-25-17-8-4-7-15-11-23-10-9-16-12-24(18)22(25)20(16)21(23)19(15)17;1-2-6-15-14(5-1)22-11-13-8-9-21-10-12-4-3-7-16-17(12)19(21)18(13)20(22)23(15)16;1-10-7-20-13-4-2-3-11-8-18-6-5-12-9-19(10)17(20)15(12)16(18)14(11)13;1-3-10-7-17-9-18-8-11-4-2-6-13-12(5-1)14(10)16(17)19(18)15(11)13;1-2-10-8-17-5-4-11-9-18-6-7-19-12(3-1)13(10)15(17)14(11)16(18)19/h1-11H,12-13H2;1-10,13H,11-12H2;1-9H,10-11H2;2-7H,8-9H2,1H3;1-6,9H,7-8H2;1-7H,8-9H2/q6*+2. The molecule has 0 atom stereocenters. The first-order chi connectivity index (χ1) is 64.9. The van der Waals surface area contributed by atoms with Gasteiger partial charge in [0, 0.05) is 123 Å². The average Bonchev–Trinajstić information content (AvgIpc) is 1.51. The van der Waals surface area contributed by atoms with Gasteiger partial charge in [0.2, 0.25) is 33.1 Å². The number of imidazole rings is 4. The molecule has 28 heterocycles. The number of fused-ring (bicyclic) bond motifs is 9. The number of benzene rings is 11. The van der Waals surface area contributed by atoms with Gasteiger partial charge in [0.15, 0.2) is 80.8 Å². The number of aromatic nitrogens is 18. The summed E-state index contributed by atoms with van der Waals surface area (Å²) in [7, 11) is 0. The fraction of sp³-hybridized carbons (Fsp3) is 0.115. The number of aryl methyl sites for hydroxylation is 1. The Morgan fingerprint density at radius 1 is 0.275 bits per heavy atom. The van der Waals surface area contributed by atoms with Gasteiger partial charge in [-0.2, -0.15) is 35.9 Å². The lowest BCUT2D eigenvalue weighted by Gasteiger charge is -1.99. The Balaban J connectivity index is 0.0000000706. The van der Waals surface area contributed by atoms with Crippen molar-refractivity contribution in [2.45, 2.75) is 85.5 Å². The maximum Gasteiger partial charge on any atom is 0.398 e. The van der Waals surface area contributed by atoms with Crippen LogP contribution in [-0.2, 0) is 78.5 Å². The molecule has 18 nitrogen and oxygen atoms in total. The van der Waals surface area contributed by atoms with Crippen LogP contribution in [0.15, 0.2) is 311 Å². The van der Waals surface area contributed by atoms with Gasteiger partial charge in [-0.25, -0.2) is 18.3 Å². The van der Waals surface area contributed by atoms with E-state index in [1.165, 1.54) is 271 Å². The topological polar surface area (TPSA) is 74.5 Å². The minimum absolute atomic E-state index is 0.941. The molecule has 39 rings (SSSR count). The van der Waals surface area contributed by atoms with E-state index >= 15 is 0 Å². The van der Waals surface area contributed by atoms with E-state index in [1.54, 1.807) is 0 Å². The van der Waals surface area contributed by atoms with Crippen LogP contribution in [0.4, 0.5) is 0 Å². The number of pyridine rings is 10. The predicted octanol–water partition coefficient (Wildman–Crippen LogP) is 14.1. The molecule has 131 heavy (non-hydrogen) atoms. The van der Waals surface area contributed by atoms with Crippen LogP contribution < -0.4 is 54.7 Å². The first-order valence-electron chi connectivity index (χ1n) is 46.3. The predicted molar refractivity (Wildman–Crippen MR) is 499 cm³/mol. The summed E-state index contributed by atoms with van der Waals surface area (Å²) in [5.41, 5.74) is 47.1. The molecule has 0 unspecified atom stereocenters. The molecule has 0 N–H and O–H groups in total. The van der Waals surface area contributed by atoms with Gasteiger partial charge in [0.25, 0.3) is 0 Å². The highest BCUT2D eigenvalue weighted by Crippen LogP contribution is 2.46. The maximum absolute atomic E-state index is 2.50. The minimum Gasteiger partial charge on any atom is -0.225 e. The Bertz CT molecular complexity index is 10200. The third kappa shape index (κ3) is 8.16. The summed E-state index contributed by atoms with van der Waals surface area (Å²) in [6.45, 7) is 14.1. The van der Waals surface area contributed by atoms with Crippen molar-refractivity contribution in [3.8, 4) is 22.6 Å². The van der Waals surface area contributed by atoms with E-state index in [1.807, 2.05) is 0 Å². The van der Waals surface area contributed by atoms with Crippen LogP contribution in [0.25, 0.3) is 198 Å². The zero-order chi connectivity index (χ0) is 84.2. The molecule has 18 heteroatoms. The van der Waals surface area contributed by atoms with Crippen molar-refractivity contribution in [1.82, 2.24) is 27.0 Å². The quantitative estimate of drug-likeness (QED) is 0.122. The van der Waals surface area contributed by atoms with Gasteiger partial charge in [-0.3, -0.25) is 0 Å². The van der Waals surface area contributed by atoms with Gasteiger partial charge in [0.1, 0.15) is 146 Å². The van der Waals surface area contributed by atoms with Crippen LogP contribution in [0.3, 0.4) is 0 Å². The third-order valence-corrected chi connectivity index (χ3v) is 31.9. The van der Waals surface area contributed by atoms with Gasteiger partial charge in [0.05, 0.1) is 16.7 Å². The van der Waals surface area contributed by atoms with Crippen LogP contribution in [0.5, 0.6) is 0 Å². The molecule has 0 saturated carbocycles. The van der Waals surface area contributed by atoms with E-state index in [2.05, 4.69) is 399 Å². The average molecular weight is 1690 g/mol. The van der Waals surface area contributed by atoms with Crippen LogP contribution >= 0.6 is 0 Å². The van der Waals surface area contributed by atoms with Gasteiger partial charge in [-0.15, -0.1) is 9.13 Å². The molecule has 0 radical (unpaired) electrons. The molecule has 27 aromatic rings. The maximum atomic E-state index is 2.50. The van der Waals surface area contributed by atoms with Crippen molar-refractivity contribution in [3.63, 3.8) is 0 Å².